The summed E-state index contributed by atoms with van der Waals surface area (Å²) >= 11 is 0. The summed E-state index contributed by atoms with van der Waals surface area (Å²) < 4.78 is 92.6. The number of carbonyl (C=O) groups is 1. The van der Waals surface area contributed by atoms with E-state index in [1.807, 2.05) is 32.0 Å². The van der Waals surface area contributed by atoms with Gasteiger partial charge in [-0.15, -0.1) is 24.8 Å². The Labute approximate surface area is 279 Å². The van der Waals surface area contributed by atoms with Crippen molar-refractivity contribution in [3.63, 3.8) is 0 Å². The van der Waals surface area contributed by atoms with Gasteiger partial charge in [0, 0.05) is 64.5 Å². The second-order valence-corrected chi connectivity index (χ2v) is 11.7. The smallest absolute Gasteiger partial charge is 0.273 e. The van der Waals surface area contributed by atoms with Gasteiger partial charge in [-0.05, 0) is 66.3 Å². The van der Waals surface area contributed by atoms with Crippen molar-refractivity contribution < 1.29 is 40.6 Å². The molecule has 0 radical (unpaired) electrons. The summed E-state index contributed by atoms with van der Waals surface area (Å²) in [5.74, 6) is -0.639. The number of rotatable bonds is 12. The Kier molecular flexibility index (Phi) is 16.1. The zero-order chi connectivity index (χ0) is 32.0. The Morgan fingerprint density at radius 1 is 0.848 bits per heavy atom. The summed E-state index contributed by atoms with van der Waals surface area (Å²) in [7, 11) is 1.64. The molecule has 2 heterocycles. The van der Waals surface area contributed by atoms with E-state index < -0.39 is 42.2 Å². The van der Waals surface area contributed by atoms with E-state index in [2.05, 4.69) is 9.80 Å². The predicted molar refractivity (Wildman–Crippen MR) is 170 cm³/mol. The third kappa shape index (κ3) is 10.5. The first-order valence-electron chi connectivity index (χ1n) is 14.9. The van der Waals surface area contributed by atoms with Crippen LogP contribution in [0.1, 0.15) is 50.5 Å². The maximum atomic E-state index is 14.4. The van der Waals surface area contributed by atoms with Crippen LogP contribution >= 0.6 is 24.8 Å². The maximum absolute atomic E-state index is 14.4. The zero-order valence-corrected chi connectivity index (χ0v) is 27.8. The van der Waals surface area contributed by atoms with Crippen LogP contribution in [0, 0.1) is 13.8 Å². The lowest BCUT2D eigenvalue weighted by atomic mass is 9.96. The van der Waals surface area contributed by atoms with Gasteiger partial charge >= 0.3 is 0 Å². The fourth-order valence-corrected chi connectivity index (χ4v) is 5.90. The van der Waals surface area contributed by atoms with Gasteiger partial charge in [-0.3, -0.25) is 14.6 Å². The van der Waals surface area contributed by atoms with Crippen molar-refractivity contribution in [2.45, 2.75) is 57.6 Å². The third-order valence-corrected chi connectivity index (χ3v) is 8.48. The van der Waals surface area contributed by atoms with Gasteiger partial charge in [-0.2, -0.15) is 0 Å². The molecule has 14 heteroatoms. The highest BCUT2D eigenvalue weighted by Crippen LogP contribution is 2.33. The predicted octanol–water partition coefficient (Wildman–Crippen LogP) is 6.41. The quantitative estimate of drug-likeness (QED) is 0.239. The van der Waals surface area contributed by atoms with E-state index in [4.69, 9.17) is 9.47 Å². The van der Waals surface area contributed by atoms with Gasteiger partial charge in [0.05, 0.1) is 19.3 Å². The lowest BCUT2D eigenvalue weighted by molar-refractivity contribution is -0.0630. The van der Waals surface area contributed by atoms with Crippen molar-refractivity contribution in [2.75, 3.05) is 66.1 Å². The molecule has 2 aliphatic heterocycles. The molecule has 2 saturated heterocycles. The molecule has 0 aliphatic carbocycles. The number of carbonyl (C=O) groups excluding carboxylic acids is 1. The molecule has 2 fully saturated rings. The summed E-state index contributed by atoms with van der Waals surface area (Å²) in [6.45, 7) is 9.48. The minimum absolute atomic E-state index is 0. The van der Waals surface area contributed by atoms with Crippen molar-refractivity contribution >= 4 is 30.7 Å². The fourth-order valence-electron chi connectivity index (χ4n) is 5.90. The fraction of sp³-hybridized carbons (Fsp3) is 0.594. The van der Waals surface area contributed by atoms with Crippen LogP contribution in [-0.4, -0.2) is 112 Å². The van der Waals surface area contributed by atoms with Gasteiger partial charge in [-0.1, -0.05) is 18.2 Å². The van der Waals surface area contributed by atoms with Gasteiger partial charge < -0.3 is 14.4 Å². The molecule has 0 saturated carbocycles. The van der Waals surface area contributed by atoms with Gasteiger partial charge in [-0.25, -0.2) is 26.3 Å². The first-order chi connectivity index (χ1) is 21.0. The van der Waals surface area contributed by atoms with Crippen LogP contribution in [0.15, 0.2) is 36.4 Å². The van der Waals surface area contributed by atoms with Crippen LogP contribution in [0.5, 0.6) is 0 Å². The highest BCUT2D eigenvalue weighted by Gasteiger charge is 2.34. The molecule has 2 aromatic rings. The monoisotopic (exact) mass is 701 g/mol. The standard InChI is InChI=1S/C32H41F6N3O3.2ClH/c1-20-4-5-22(12-21(20)2)13-26-17-39(6-7-40-10-11-44-27(18-40)19-43-3)8-9-41(26)32(42)25-15-23(28(33)30(35)36)14-24(16-25)29(34)31(37)38;;/h4-5,12,14-16,26-31H,6-11,13,17-19H2,1-3H3;2*1H/t26-,27+,28?,29?;;/m1../s1. The number of benzene rings is 2. The Morgan fingerprint density at radius 2 is 1.46 bits per heavy atom. The van der Waals surface area contributed by atoms with Crippen LogP contribution < -0.4 is 0 Å². The molecule has 0 bridgehead atoms. The summed E-state index contributed by atoms with van der Waals surface area (Å²) in [6, 6.07) is 8.18. The summed E-state index contributed by atoms with van der Waals surface area (Å²) in [4.78, 5) is 20.0. The number of methoxy groups -OCH3 is 1. The molecular formula is C32H43Cl2F6N3O3. The summed E-state index contributed by atoms with van der Waals surface area (Å²) in [5, 5.41) is 0. The first kappa shape index (κ1) is 40.1. The van der Waals surface area contributed by atoms with E-state index >= 15 is 0 Å². The van der Waals surface area contributed by atoms with E-state index in [9.17, 15) is 31.1 Å². The molecule has 0 aromatic heterocycles. The van der Waals surface area contributed by atoms with Gasteiger partial charge in [0.1, 0.15) is 0 Å². The normalized spacial score (nSPS) is 20.7. The van der Waals surface area contributed by atoms with Crippen LogP contribution in [0.2, 0.25) is 0 Å². The van der Waals surface area contributed by atoms with Gasteiger partial charge in [0.25, 0.3) is 18.8 Å². The van der Waals surface area contributed by atoms with E-state index in [-0.39, 0.29) is 49.1 Å². The topological polar surface area (TPSA) is 45.2 Å². The molecule has 2 unspecified atom stereocenters. The molecule has 1 amide bonds. The lowest BCUT2D eigenvalue weighted by Crippen LogP contribution is -2.57. The summed E-state index contributed by atoms with van der Waals surface area (Å²) in [5.41, 5.74) is 1.50. The Morgan fingerprint density at radius 3 is 2.02 bits per heavy atom. The number of aryl methyl sites for hydroxylation is 2. The van der Waals surface area contributed by atoms with E-state index in [1.54, 1.807) is 12.0 Å². The van der Waals surface area contributed by atoms with Crippen LogP contribution in [-0.2, 0) is 15.9 Å². The first-order valence-corrected chi connectivity index (χ1v) is 14.9. The number of ether oxygens (including phenoxy) is 2. The van der Waals surface area contributed by atoms with Crippen LogP contribution in [0.25, 0.3) is 0 Å². The largest absolute Gasteiger partial charge is 0.382 e. The number of amides is 1. The van der Waals surface area contributed by atoms with Crippen molar-refractivity contribution in [3.8, 4) is 0 Å². The number of hydrogen-bond acceptors (Lipinski definition) is 5. The lowest BCUT2D eigenvalue weighted by Gasteiger charge is -2.43. The zero-order valence-electron chi connectivity index (χ0n) is 26.1. The van der Waals surface area contributed by atoms with Gasteiger partial charge in [0.15, 0.2) is 12.3 Å². The highest BCUT2D eigenvalue weighted by molar-refractivity contribution is 5.95. The van der Waals surface area contributed by atoms with Gasteiger partial charge in [0.2, 0.25) is 0 Å². The number of halogens is 8. The molecule has 6 nitrogen and oxygen atoms in total. The molecule has 0 N–H and O–H groups in total. The van der Waals surface area contributed by atoms with E-state index in [1.165, 1.54) is 0 Å². The van der Waals surface area contributed by atoms with Crippen molar-refractivity contribution in [3.05, 3.63) is 69.8 Å². The number of hydrogen-bond donors (Lipinski definition) is 0. The van der Waals surface area contributed by atoms with Crippen LogP contribution in [0.3, 0.4) is 0 Å². The molecule has 4 rings (SSSR count). The third-order valence-electron chi connectivity index (χ3n) is 8.48. The Balaban J connectivity index is 0.00000368. The van der Waals surface area contributed by atoms with Crippen molar-refractivity contribution in [2.24, 2.45) is 0 Å². The maximum Gasteiger partial charge on any atom is 0.273 e. The molecule has 4 atom stereocenters. The SMILES string of the molecule is COC[C@@H]1CN(CCN2CCN(C(=O)c3cc(C(F)C(F)F)cc(C(F)C(F)F)c3)[C@H](Cc3ccc(C)c(C)c3)C2)CCO1.Cl.Cl. The molecule has 2 aromatic carbocycles. The van der Waals surface area contributed by atoms with E-state index in [0.29, 0.717) is 38.8 Å². The molecule has 46 heavy (non-hydrogen) atoms. The average molecular weight is 703 g/mol. The minimum atomic E-state index is -3.46. The second-order valence-electron chi connectivity index (χ2n) is 11.7. The number of alkyl halides is 6. The number of piperazine rings is 1. The highest BCUT2D eigenvalue weighted by atomic mass is 35.5. The molecule has 0 spiro atoms. The number of nitrogens with zero attached hydrogens (tertiary/aromatic N) is 3. The molecule has 2 aliphatic rings. The van der Waals surface area contributed by atoms with Crippen molar-refractivity contribution in [1.29, 1.82) is 0 Å². The Hall–Kier alpha value is -2.09. The van der Waals surface area contributed by atoms with E-state index in [0.717, 1.165) is 55.0 Å². The van der Waals surface area contributed by atoms with Crippen molar-refractivity contribution in [1.82, 2.24) is 14.7 Å². The number of morpholine rings is 1. The van der Waals surface area contributed by atoms with Crippen LogP contribution in [0.4, 0.5) is 26.3 Å². The average Bonchev–Trinajstić information content (AvgIpc) is 3.01. The molecular weight excluding hydrogens is 659 g/mol. The minimum Gasteiger partial charge on any atom is -0.382 e. The Bertz CT molecular complexity index is 1230. The molecule has 260 valence electrons. The second kappa shape index (κ2) is 18.5. The summed E-state index contributed by atoms with van der Waals surface area (Å²) in [6.07, 6.45) is -12.1.